The molecule has 0 radical (unpaired) electrons. The largest absolute Gasteiger partial charge is 0.489 e. The van der Waals surface area contributed by atoms with E-state index in [1.165, 1.54) is 0 Å². The molecule has 0 spiro atoms. The Morgan fingerprint density at radius 1 is 0.824 bits per heavy atom. The summed E-state index contributed by atoms with van der Waals surface area (Å²) in [7, 11) is 0. The topological polar surface area (TPSA) is 70.7 Å². The molecule has 6 heteroatoms. The lowest BCUT2D eigenvalue weighted by Crippen LogP contribution is -2.32. The number of benzene rings is 3. The highest BCUT2D eigenvalue weighted by atomic mass is 16.5. The molecular weight excluding hydrogens is 426 g/mol. The fourth-order valence-electron chi connectivity index (χ4n) is 3.56. The summed E-state index contributed by atoms with van der Waals surface area (Å²) >= 11 is 0. The second kappa shape index (κ2) is 13.0. The van der Waals surface area contributed by atoms with Gasteiger partial charge in [0, 0.05) is 30.0 Å². The Morgan fingerprint density at radius 3 is 2.21 bits per heavy atom. The third-order valence-corrected chi connectivity index (χ3v) is 5.22. The highest BCUT2D eigenvalue weighted by molar-refractivity contribution is 5.96. The van der Waals surface area contributed by atoms with Gasteiger partial charge in [-0.25, -0.2) is 0 Å². The summed E-state index contributed by atoms with van der Waals surface area (Å²) in [6, 6.07) is 24.5. The van der Waals surface area contributed by atoms with Gasteiger partial charge in [-0.1, -0.05) is 50.2 Å². The highest BCUT2D eigenvalue weighted by Crippen LogP contribution is 2.18. The molecule has 0 heterocycles. The van der Waals surface area contributed by atoms with Crippen LogP contribution in [0.25, 0.3) is 0 Å². The Labute approximate surface area is 201 Å². The van der Waals surface area contributed by atoms with Crippen LogP contribution in [0, 0.1) is 0 Å². The van der Waals surface area contributed by atoms with Crippen molar-refractivity contribution in [2.75, 3.05) is 30.3 Å². The van der Waals surface area contributed by atoms with Crippen molar-refractivity contribution >= 4 is 23.2 Å². The second-order valence-corrected chi connectivity index (χ2v) is 8.07. The van der Waals surface area contributed by atoms with Crippen molar-refractivity contribution in [1.82, 2.24) is 4.90 Å². The summed E-state index contributed by atoms with van der Waals surface area (Å²) in [5, 5.41) is 5.98. The molecule has 0 unspecified atom stereocenters. The maximum Gasteiger partial charge on any atom is 0.253 e. The van der Waals surface area contributed by atoms with Crippen LogP contribution in [0.4, 0.5) is 11.4 Å². The average Bonchev–Trinajstić information content (AvgIpc) is 2.87. The fraction of sp³-hybridized carbons (Fsp3) is 0.286. The smallest absolute Gasteiger partial charge is 0.253 e. The third-order valence-electron chi connectivity index (χ3n) is 5.22. The summed E-state index contributed by atoms with van der Waals surface area (Å²) in [6.07, 6.45) is 1.84. The molecule has 0 saturated carbocycles. The quantitative estimate of drug-likeness (QED) is 0.371. The second-order valence-electron chi connectivity index (χ2n) is 8.07. The Hall–Kier alpha value is -3.80. The predicted molar refractivity (Wildman–Crippen MR) is 137 cm³/mol. The lowest BCUT2D eigenvalue weighted by Gasteiger charge is -2.21. The van der Waals surface area contributed by atoms with E-state index >= 15 is 0 Å². The zero-order chi connectivity index (χ0) is 24.2. The number of amides is 2. The molecule has 2 N–H and O–H groups in total. The van der Waals surface area contributed by atoms with Gasteiger partial charge in [-0.05, 0) is 60.9 Å². The summed E-state index contributed by atoms with van der Waals surface area (Å²) in [5.41, 5.74) is 3.15. The minimum atomic E-state index is -0.173. The van der Waals surface area contributed by atoms with Gasteiger partial charge in [-0.15, -0.1) is 0 Å². The van der Waals surface area contributed by atoms with E-state index in [0.29, 0.717) is 17.9 Å². The number of hydrogen-bond donors (Lipinski definition) is 2. The van der Waals surface area contributed by atoms with Crippen molar-refractivity contribution in [3.8, 4) is 5.75 Å². The molecule has 0 aromatic heterocycles. The number of nitrogens with zero attached hydrogens (tertiary/aromatic N) is 1. The number of carbonyl (C=O) groups excluding carboxylic acids is 2. The minimum Gasteiger partial charge on any atom is -0.489 e. The fourth-order valence-corrected chi connectivity index (χ4v) is 3.56. The van der Waals surface area contributed by atoms with E-state index in [1.54, 1.807) is 6.07 Å². The van der Waals surface area contributed by atoms with Gasteiger partial charge in [-0.3, -0.25) is 9.59 Å². The van der Waals surface area contributed by atoms with Crippen molar-refractivity contribution < 1.29 is 14.3 Å². The van der Waals surface area contributed by atoms with E-state index in [-0.39, 0.29) is 18.4 Å². The molecule has 3 aromatic rings. The molecule has 2 amide bonds. The van der Waals surface area contributed by atoms with Gasteiger partial charge in [-0.2, -0.15) is 0 Å². The lowest BCUT2D eigenvalue weighted by molar-refractivity contribution is -0.114. The lowest BCUT2D eigenvalue weighted by atomic mass is 10.1. The number of rotatable bonds is 12. The van der Waals surface area contributed by atoms with E-state index in [0.717, 1.165) is 42.9 Å². The van der Waals surface area contributed by atoms with Crippen LogP contribution in [0.5, 0.6) is 5.75 Å². The van der Waals surface area contributed by atoms with Gasteiger partial charge in [0.15, 0.2) is 0 Å². The first kappa shape index (κ1) is 24.8. The Kier molecular flexibility index (Phi) is 9.52. The molecular formula is C28H33N3O3. The van der Waals surface area contributed by atoms with Gasteiger partial charge < -0.3 is 20.3 Å². The monoisotopic (exact) mass is 459 g/mol. The van der Waals surface area contributed by atoms with Crippen molar-refractivity contribution in [3.05, 3.63) is 90.0 Å². The van der Waals surface area contributed by atoms with Gasteiger partial charge in [0.25, 0.3) is 5.91 Å². The molecule has 3 aromatic carbocycles. The molecule has 0 aliphatic rings. The molecule has 0 fully saturated rings. The van der Waals surface area contributed by atoms with Gasteiger partial charge in [0.2, 0.25) is 5.91 Å². The van der Waals surface area contributed by atoms with Crippen LogP contribution in [-0.2, 0) is 11.4 Å². The van der Waals surface area contributed by atoms with Crippen LogP contribution in [0.1, 0.15) is 42.6 Å². The zero-order valence-electron chi connectivity index (χ0n) is 19.9. The van der Waals surface area contributed by atoms with Crippen LogP contribution in [-0.4, -0.2) is 36.3 Å². The maximum atomic E-state index is 12.8. The Bertz CT molecular complexity index is 1050. The first-order chi connectivity index (χ1) is 16.6. The standard InChI is InChI=1S/C28H33N3O3/c1-3-17-31(18-4-2)28(33)23-11-8-12-25(19-23)29-20-27(32)30-24-13-15-26(16-14-24)34-21-22-9-6-5-7-10-22/h5-16,19,29H,3-4,17-18,20-21H2,1-2H3,(H,30,32). The molecule has 0 saturated heterocycles. The van der Waals surface area contributed by atoms with Gasteiger partial charge in [0.1, 0.15) is 12.4 Å². The van der Waals surface area contributed by atoms with Gasteiger partial charge in [0.05, 0.1) is 6.54 Å². The number of carbonyl (C=O) groups is 2. The molecule has 0 aliphatic heterocycles. The summed E-state index contributed by atoms with van der Waals surface area (Å²) in [6.45, 7) is 6.20. The molecule has 0 aliphatic carbocycles. The molecule has 0 atom stereocenters. The average molecular weight is 460 g/mol. The van der Waals surface area contributed by atoms with Crippen molar-refractivity contribution in [2.45, 2.75) is 33.3 Å². The van der Waals surface area contributed by atoms with Crippen LogP contribution in [0.2, 0.25) is 0 Å². The third kappa shape index (κ3) is 7.66. The highest BCUT2D eigenvalue weighted by Gasteiger charge is 2.14. The van der Waals surface area contributed by atoms with Crippen LogP contribution in [0.3, 0.4) is 0 Å². The van der Waals surface area contributed by atoms with E-state index in [1.807, 2.05) is 77.7 Å². The number of anilines is 2. The van der Waals surface area contributed by atoms with E-state index in [4.69, 9.17) is 4.74 Å². The zero-order valence-corrected chi connectivity index (χ0v) is 19.9. The number of nitrogens with one attached hydrogen (secondary N) is 2. The van der Waals surface area contributed by atoms with E-state index in [2.05, 4.69) is 24.5 Å². The number of hydrogen-bond acceptors (Lipinski definition) is 4. The molecule has 0 bridgehead atoms. The van der Waals surface area contributed by atoms with E-state index < -0.39 is 0 Å². The van der Waals surface area contributed by atoms with E-state index in [9.17, 15) is 9.59 Å². The molecule has 34 heavy (non-hydrogen) atoms. The van der Waals surface area contributed by atoms with Crippen LogP contribution >= 0.6 is 0 Å². The van der Waals surface area contributed by atoms with Gasteiger partial charge >= 0.3 is 0 Å². The Balaban J connectivity index is 1.49. The van der Waals surface area contributed by atoms with Crippen LogP contribution < -0.4 is 15.4 Å². The first-order valence-corrected chi connectivity index (χ1v) is 11.8. The predicted octanol–water partition coefficient (Wildman–Crippen LogP) is 5.58. The van der Waals surface area contributed by atoms with Crippen LogP contribution in [0.15, 0.2) is 78.9 Å². The van der Waals surface area contributed by atoms with Crippen molar-refractivity contribution in [2.24, 2.45) is 0 Å². The SMILES string of the molecule is CCCN(CCC)C(=O)c1cccc(NCC(=O)Nc2ccc(OCc3ccccc3)cc2)c1. The summed E-state index contributed by atoms with van der Waals surface area (Å²) in [5.74, 6) is 0.585. The normalized spacial score (nSPS) is 10.4. The molecule has 178 valence electrons. The Morgan fingerprint density at radius 2 is 1.53 bits per heavy atom. The summed E-state index contributed by atoms with van der Waals surface area (Å²) < 4.78 is 5.78. The van der Waals surface area contributed by atoms with Crippen molar-refractivity contribution in [1.29, 1.82) is 0 Å². The minimum absolute atomic E-state index is 0.0198. The van der Waals surface area contributed by atoms with Crippen molar-refractivity contribution in [3.63, 3.8) is 0 Å². The number of ether oxygens (including phenoxy) is 1. The maximum absolute atomic E-state index is 12.8. The first-order valence-electron chi connectivity index (χ1n) is 11.8. The molecule has 6 nitrogen and oxygen atoms in total. The summed E-state index contributed by atoms with van der Waals surface area (Å²) in [4.78, 5) is 27.1. The molecule has 3 rings (SSSR count).